The number of anilines is 1. The van der Waals surface area contributed by atoms with Crippen molar-refractivity contribution in [1.29, 1.82) is 0 Å². The summed E-state index contributed by atoms with van der Waals surface area (Å²) >= 11 is 13.7. The van der Waals surface area contributed by atoms with Gasteiger partial charge in [0.1, 0.15) is 0 Å². The molecule has 16 heavy (non-hydrogen) atoms. The fourth-order valence-corrected chi connectivity index (χ4v) is 2.30. The maximum absolute atomic E-state index is 6.10. The van der Waals surface area contributed by atoms with Crippen molar-refractivity contribution < 1.29 is 0 Å². The molecule has 0 aliphatic carbocycles. The molecule has 0 saturated heterocycles. The topological polar surface area (TPSA) is 24.9 Å². The summed E-state index contributed by atoms with van der Waals surface area (Å²) in [7, 11) is 0. The second-order valence-electron chi connectivity index (χ2n) is 3.41. The van der Waals surface area contributed by atoms with Crippen LogP contribution >= 0.6 is 34.5 Å². The van der Waals surface area contributed by atoms with E-state index in [0.29, 0.717) is 16.6 Å². The van der Waals surface area contributed by atoms with Crippen LogP contribution < -0.4 is 5.32 Å². The van der Waals surface area contributed by atoms with E-state index in [0.717, 1.165) is 16.9 Å². The van der Waals surface area contributed by atoms with Gasteiger partial charge in [-0.25, -0.2) is 4.98 Å². The summed E-state index contributed by atoms with van der Waals surface area (Å²) in [4.78, 5) is 4.18. The summed E-state index contributed by atoms with van der Waals surface area (Å²) in [5, 5.41) is 6.60. The normalized spacial score (nSPS) is 10.4. The van der Waals surface area contributed by atoms with E-state index in [1.54, 1.807) is 16.8 Å². The van der Waals surface area contributed by atoms with Gasteiger partial charge in [-0.3, -0.25) is 0 Å². The van der Waals surface area contributed by atoms with Crippen molar-refractivity contribution in [2.24, 2.45) is 0 Å². The Bertz CT molecular complexity index is 483. The Kier molecular flexibility index (Phi) is 3.69. The zero-order chi connectivity index (χ0) is 11.5. The van der Waals surface area contributed by atoms with Crippen molar-refractivity contribution in [3.8, 4) is 0 Å². The summed E-state index contributed by atoms with van der Waals surface area (Å²) in [6.07, 6.45) is 0. The van der Waals surface area contributed by atoms with Crippen LogP contribution in [0.15, 0.2) is 23.0 Å². The molecule has 0 aliphatic rings. The molecule has 1 N–H and O–H groups in total. The van der Waals surface area contributed by atoms with E-state index < -0.39 is 0 Å². The van der Waals surface area contributed by atoms with Crippen molar-refractivity contribution in [1.82, 2.24) is 4.98 Å². The minimum atomic E-state index is 0.655. The van der Waals surface area contributed by atoms with Crippen molar-refractivity contribution in [3.05, 3.63) is 44.3 Å². The van der Waals surface area contributed by atoms with Gasteiger partial charge in [-0.2, -0.15) is 0 Å². The van der Waals surface area contributed by atoms with Crippen LogP contribution in [0.25, 0.3) is 0 Å². The highest BCUT2D eigenvalue weighted by Crippen LogP contribution is 2.29. The standard InChI is InChI=1S/C11H10Cl2N2S/c1-7-2-10(13)11(3-9(7)12)14-4-8-5-16-6-15-8/h2-3,5-6,14H,4H2,1H3. The first-order valence-electron chi connectivity index (χ1n) is 4.73. The molecule has 0 radical (unpaired) electrons. The van der Waals surface area contributed by atoms with Gasteiger partial charge in [0.25, 0.3) is 0 Å². The van der Waals surface area contributed by atoms with Crippen LogP contribution in [0, 0.1) is 6.92 Å². The van der Waals surface area contributed by atoms with Gasteiger partial charge < -0.3 is 5.32 Å². The molecule has 0 aliphatic heterocycles. The number of nitrogens with one attached hydrogen (secondary N) is 1. The smallest absolute Gasteiger partial charge is 0.0795 e. The molecule has 1 heterocycles. The molecule has 0 atom stereocenters. The lowest BCUT2D eigenvalue weighted by Crippen LogP contribution is -2.00. The maximum Gasteiger partial charge on any atom is 0.0795 e. The Morgan fingerprint density at radius 1 is 1.31 bits per heavy atom. The predicted molar refractivity (Wildman–Crippen MR) is 70.6 cm³/mol. The Morgan fingerprint density at radius 3 is 2.81 bits per heavy atom. The summed E-state index contributed by atoms with van der Waals surface area (Å²) in [5.41, 5.74) is 4.62. The van der Waals surface area contributed by atoms with Crippen molar-refractivity contribution in [2.75, 3.05) is 5.32 Å². The lowest BCUT2D eigenvalue weighted by molar-refractivity contribution is 1.07. The molecular weight excluding hydrogens is 263 g/mol. The second kappa shape index (κ2) is 5.04. The van der Waals surface area contributed by atoms with E-state index >= 15 is 0 Å². The van der Waals surface area contributed by atoms with Crippen molar-refractivity contribution in [2.45, 2.75) is 13.5 Å². The molecule has 1 aromatic carbocycles. The molecule has 2 aromatic rings. The van der Waals surface area contributed by atoms with Gasteiger partial charge in [0, 0.05) is 10.4 Å². The summed E-state index contributed by atoms with van der Waals surface area (Å²) in [6.45, 7) is 2.58. The molecule has 0 saturated carbocycles. The zero-order valence-electron chi connectivity index (χ0n) is 8.63. The molecule has 1 aromatic heterocycles. The first-order chi connectivity index (χ1) is 7.66. The van der Waals surface area contributed by atoms with Gasteiger partial charge in [-0.15, -0.1) is 11.3 Å². The molecule has 2 nitrogen and oxygen atoms in total. The molecule has 0 spiro atoms. The van der Waals surface area contributed by atoms with Gasteiger partial charge in [-0.1, -0.05) is 23.2 Å². The molecule has 5 heteroatoms. The summed E-state index contributed by atoms with van der Waals surface area (Å²) in [5.74, 6) is 0. The minimum absolute atomic E-state index is 0.655. The van der Waals surface area contributed by atoms with Gasteiger partial charge in [0.05, 0.1) is 28.5 Å². The van der Waals surface area contributed by atoms with Gasteiger partial charge in [-0.05, 0) is 24.6 Å². The van der Waals surface area contributed by atoms with Crippen LogP contribution in [0.4, 0.5) is 5.69 Å². The third-order valence-electron chi connectivity index (χ3n) is 2.19. The summed E-state index contributed by atoms with van der Waals surface area (Å²) < 4.78 is 0. The number of nitrogens with zero attached hydrogens (tertiary/aromatic N) is 1. The lowest BCUT2D eigenvalue weighted by Gasteiger charge is -2.09. The molecule has 84 valence electrons. The highest BCUT2D eigenvalue weighted by molar-refractivity contribution is 7.07. The molecule has 0 bridgehead atoms. The molecule has 2 rings (SSSR count). The largest absolute Gasteiger partial charge is 0.378 e. The number of aryl methyl sites for hydroxylation is 1. The fourth-order valence-electron chi connectivity index (χ4n) is 1.29. The van der Waals surface area contributed by atoms with Crippen LogP contribution in [-0.4, -0.2) is 4.98 Å². The number of benzene rings is 1. The number of halogens is 2. The Morgan fingerprint density at radius 2 is 2.12 bits per heavy atom. The van der Waals surface area contributed by atoms with Crippen molar-refractivity contribution in [3.63, 3.8) is 0 Å². The van der Waals surface area contributed by atoms with E-state index in [2.05, 4.69) is 10.3 Å². The van der Waals surface area contributed by atoms with E-state index in [-0.39, 0.29) is 0 Å². The number of hydrogen-bond donors (Lipinski definition) is 1. The monoisotopic (exact) mass is 272 g/mol. The summed E-state index contributed by atoms with van der Waals surface area (Å²) in [6, 6.07) is 3.69. The predicted octanol–water partition coefficient (Wildman–Crippen LogP) is 4.37. The van der Waals surface area contributed by atoms with E-state index in [4.69, 9.17) is 23.2 Å². The van der Waals surface area contributed by atoms with Crippen LogP contribution in [0.2, 0.25) is 10.0 Å². The number of hydrogen-bond acceptors (Lipinski definition) is 3. The maximum atomic E-state index is 6.10. The van der Waals surface area contributed by atoms with Gasteiger partial charge in [0.15, 0.2) is 0 Å². The lowest BCUT2D eigenvalue weighted by atomic mass is 10.2. The zero-order valence-corrected chi connectivity index (χ0v) is 11.0. The first-order valence-corrected chi connectivity index (χ1v) is 6.43. The van der Waals surface area contributed by atoms with E-state index in [9.17, 15) is 0 Å². The first kappa shape index (κ1) is 11.7. The molecule has 0 unspecified atom stereocenters. The quantitative estimate of drug-likeness (QED) is 0.898. The molecule has 0 fully saturated rings. The number of rotatable bonds is 3. The number of aromatic nitrogens is 1. The SMILES string of the molecule is Cc1cc(Cl)c(NCc2cscn2)cc1Cl. The highest BCUT2D eigenvalue weighted by Gasteiger charge is 2.04. The number of thiazole rings is 1. The van der Waals surface area contributed by atoms with E-state index in [1.807, 2.05) is 24.4 Å². The second-order valence-corrected chi connectivity index (χ2v) is 4.95. The minimum Gasteiger partial charge on any atom is -0.378 e. The van der Waals surface area contributed by atoms with Crippen LogP contribution in [0.3, 0.4) is 0 Å². The Labute approximate surface area is 108 Å². The van der Waals surface area contributed by atoms with Gasteiger partial charge in [0.2, 0.25) is 0 Å². The fraction of sp³-hybridized carbons (Fsp3) is 0.182. The van der Waals surface area contributed by atoms with Crippen LogP contribution in [0.1, 0.15) is 11.3 Å². The van der Waals surface area contributed by atoms with Gasteiger partial charge >= 0.3 is 0 Å². The Balaban J connectivity index is 2.12. The highest BCUT2D eigenvalue weighted by atomic mass is 35.5. The molecule has 0 amide bonds. The third kappa shape index (κ3) is 2.67. The van der Waals surface area contributed by atoms with E-state index in [1.165, 1.54) is 0 Å². The van der Waals surface area contributed by atoms with Crippen molar-refractivity contribution >= 4 is 40.2 Å². The van der Waals surface area contributed by atoms with Crippen LogP contribution in [0.5, 0.6) is 0 Å². The Hall–Kier alpha value is -0.770. The molecular formula is C11H10Cl2N2S. The third-order valence-corrected chi connectivity index (χ3v) is 3.55. The average molecular weight is 273 g/mol. The average Bonchev–Trinajstić information content (AvgIpc) is 2.74. The van der Waals surface area contributed by atoms with Crippen LogP contribution in [-0.2, 0) is 6.54 Å².